The Morgan fingerprint density at radius 2 is 2.00 bits per heavy atom. The lowest BCUT2D eigenvalue weighted by Gasteiger charge is -2.26. The Bertz CT molecular complexity index is 364. The number of nitrogens with one attached hydrogen (secondary N) is 1. The summed E-state index contributed by atoms with van der Waals surface area (Å²) >= 11 is 0. The second kappa shape index (κ2) is 8.15. The van der Waals surface area contributed by atoms with Gasteiger partial charge in [0, 0.05) is 12.1 Å². The van der Waals surface area contributed by atoms with Gasteiger partial charge in [0.1, 0.15) is 5.75 Å². The molecule has 0 saturated heterocycles. The van der Waals surface area contributed by atoms with Gasteiger partial charge in [0.15, 0.2) is 0 Å². The first-order valence-electron chi connectivity index (χ1n) is 6.76. The highest BCUT2D eigenvalue weighted by atomic mass is 16.5. The highest BCUT2D eigenvalue weighted by molar-refractivity contribution is 5.33. The zero-order chi connectivity index (χ0) is 14.1. The van der Waals surface area contributed by atoms with Gasteiger partial charge in [-0.05, 0) is 44.9 Å². The highest BCUT2D eigenvalue weighted by Crippen LogP contribution is 2.19. The van der Waals surface area contributed by atoms with Crippen LogP contribution >= 0.6 is 0 Å². The zero-order valence-corrected chi connectivity index (χ0v) is 11.9. The van der Waals surface area contributed by atoms with Crippen molar-refractivity contribution in [3.05, 3.63) is 29.8 Å². The van der Waals surface area contributed by atoms with Gasteiger partial charge >= 0.3 is 0 Å². The fourth-order valence-corrected chi connectivity index (χ4v) is 1.90. The molecular formula is C15H25NO3. The van der Waals surface area contributed by atoms with Crippen LogP contribution in [0.4, 0.5) is 0 Å². The van der Waals surface area contributed by atoms with Gasteiger partial charge in [-0.15, -0.1) is 0 Å². The Morgan fingerprint density at radius 1 is 1.26 bits per heavy atom. The van der Waals surface area contributed by atoms with E-state index >= 15 is 0 Å². The van der Waals surface area contributed by atoms with Crippen LogP contribution in [0.25, 0.3) is 0 Å². The summed E-state index contributed by atoms with van der Waals surface area (Å²) < 4.78 is 5.75. The van der Waals surface area contributed by atoms with Crippen LogP contribution in [0.1, 0.15) is 25.3 Å². The van der Waals surface area contributed by atoms with E-state index in [0.29, 0.717) is 13.0 Å². The van der Waals surface area contributed by atoms with E-state index in [4.69, 9.17) is 9.84 Å². The smallest absolute Gasteiger partial charge is 0.122 e. The van der Waals surface area contributed by atoms with E-state index in [-0.39, 0.29) is 18.8 Å². The third-order valence-electron chi connectivity index (χ3n) is 3.44. The van der Waals surface area contributed by atoms with Gasteiger partial charge in [-0.3, -0.25) is 0 Å². The molecule has 0 aliphatic rings. The van der Waals surface area contributed by atoms with Gasteiger partial charge in [0.25, 0.3) is 0 Å². The molecule has 0 spiro atoms. The number of hydrogen-bond acceptors (Lipinski definition) is 4. The van der Waals surface area contributed by atoms with Gasteiger partial charge in [-0.2, -0.15) is 0 Å². The first-order valence-corrected chi connectivity index (χ1v) is 6.76. The predicted octanol–water partition coefficient (Wildman–Crippen LogP) is 1.35. The molecule has 4 heteroatoms. The molecule has 1 aromatic carbocycles. The van der Waals surface area contributed by atoms with Crippen LogP contribution in [0, 0.1) is 0 Å². The summed E-state index contributed by atoms with van der Waals surface area (Å²) in [5, 5.41) is 21.4. The number of aliphatic hydroxyl groups is 2. The fourth-order valence-electron chi connectivity index (χ4n) is 1.90. The molecule has 4 nitrogen and oxygen atoms in total. The Morgan fingerprint density at radius 3 is 2.63 bits per heavy atom. The van der Waals surface area contributed by atoms with Crippen molar-refractivity contribution in [2.45, 2.75) is 31.7 Å². The molecule has 0 bridgehead atoms. The largest absolute Gasteiger partial charge is 0.493 e. The molecule has 0 radical (unpaired) electrons. The molecule has 0 aliphatic carbocycles. The molecule has 0 aromatic heterocycles. The molecule has 0 amide bonds. The number of benzene rings is 1. The lowest BCUT2D eigenvalue weighted by Crippen LogP contribution is -2.43. The summed E-state index contributed by atoms with van der Waals surface area (Å²) in [7, 11) is 1.85. The Hall–Kier alpha value is -1.10. The predicted molar refractivity (Wildman–Crippen MR) is 76.5 cm³/mol. The van der Waals surface area contributed by atoms with E-state index in [1.54, 1.807) is 0 Å². The number of hydrogen-bond donors (Lipinski definition) is 3. The van der Waals surface area contributed by atoms with Crippen LogP contribution in [-0.4, -0.2) is 42.6 Å². The van der Waals surface area contributed by atoms with E-state index in [1.165, 1.54) is 0 Å². The third kappa shape index (κ3) is 5.19. The average Bonchev–Trinajstić information content (AvgIpc) is 2.45. The number of para-hydroxylation sites is 1. The zero-order valence-electron chi connectivity index (χ0n) is 11.9. The normalized spacial score (nSPS) is 14.1. The molecule has 1 atom stereocenters. The van der Waals surface area contributed by atoms with Gasteiger partial charge in [-0.1, -0.05) is 18.2 Å². The maximum Gasteiger partial charge on any atom is 0.122 e. The number of aliphatic hydroxyl groups excluding tert-OH is 2. The molecule has 3 N–H and O–H groups in total. The number of likely N-dealkylation sites (N-methyl/N-ethyl adjacent to an activating group) is 1. The van der Waals surface area contributed by atoms with Gasteiger partial charge in [0.05, 0.1) is 13.2 Å². The summed E-state index contributed by atoms with van der Waals surface area (Å²) in [5.41, 5.74) is 0.789. The van der Waals surface area contributed by atoms with E-state index in [9.17, 15) is 5.11 Å². The monoisotopic (exact) mass is 267 g/mol. The highest BCUT2D eigenvalue weighted by Gasteiger charge is 2.19. The quantitative estimate of drug-likeness (QED) is 0.591. The van der Waals surface area contributed by atoms with Gasteiger partial charge in [0.2, 0.25) is 0 Å². The van der Waals surface area contributed by atoms with Crippen LogP contribution in [0.3, 0.4) is 0 Å². The van der Waals surface area contributed by atoms with E-state index in [2.05, 4.69) is 5.32 Å². The van der Waals surface area contributed by atoms with Crippen molar-refractivity contribution in [3.63, 3.8) is 0 Å². The first-order chi connectivity index (χ1) is 9.15. The summed E-state index contributed by atoms with van der Waals surface area (Å²) in [5.74, 6) is 0.840. The minimum absolute atomic E-state index is 0.116. The van der Waals surface area contributed by atoms with Crippen LogP contribution in [0.5, 0.6) is 5.75 Å². The molecule has 0 saturated carbocycles. The van der Waals surface area contributed by atoms with E-state index in [1.807, 2.05) is 38.2 Å². The van der Waals surface area contributed by atoms with Crippen LogP contribution in [0.2, 0.25) is 0 Å². The lowest BCUT2D eigenvalue weighted by atomic mass is 9.97. The third-order valence-corrected chi connectivity index (χ3v) is 3.44. The van der Waals surface area contributed by atoms with Gasteiger partial charge in [-0.25, -0.2) is 0 Å². The fraction of sp³-hybridized carbons (Fsp3) is 0.600. The topological polar surface area (TPSA) is 61.7 Å². The summed E-state index contributed by atoms with van der Waals surface area (Å²) in [4.78, 5) is 0. The molecule has 108 valence electrons. The molecule has 19 heavy (non-hydrogen) atoms. The second-order valence-corrected chi connectivity index (χ2v) is 5.00. The Balaban J connectivity index is 2.41. The molecule has 1 rings (SSSR count). The maximum absolute atomic E-state index is 9.28. The second-order valence-electron chi connectivity index (χ2n) is 5.00. The van der Waals surface area contributed by atoms with Crippen LogP contribution < -0.4 is 10.1 Å². The average molecular weight is 267 g/mol. The lowest BCUT2D eigenvalue weighted by molar-refractivity contribution is 0.163. The molecule has 1 aromatic rings. The van der Waals surface area contributed by atoms with Crippen LogP contribution in [0.15, 0.2) is 24.3 Å². The first kappa shape index (κ1) is 16.0. The van der Waals surface area contributed by atoms with Crippen molar-refractivity contribution < 1.29 is 14.9 Å². The van der Waals surface area contributed by atoms with Crippen molar-refractivity contribution in [3.8, 4) is 5.75 Å². The van der Waals surface area contributed by atoms with Crippen molar-refractivity contribution in [1.29, 1.82) is 0 Å². The Kier molecular flexibility index (Phi) is 6.84. The summed E-state index contributed by atoms with van der Waals surface area (Å²) in [6, 6.07) is 7.77. The van der Waals surface area contributed by atoms with Crippen molar-refractivity contribution in [2.24, 2.45) is 0 Å². The molecule has 0 heterocycles. The maximum atomic E-state index is 9.28. The summed E-state index contributed by atoms with van der Waals surface area (Å²) in [6.45, 7) is 2.85. The van der Waals surface area contributed by atoms with E-state index < -0.39 is 0 Å². The van der Waals surface area contributed by atoms with E-state index in [0.717, 1.165) is 24.2 Å². The van der Waals surface area contributed by atoms with Crippen molar-refractivity contribution in [1.82, 2.24) is 5.32 Å². The van der Waals surface area contributed by atoms with Crippen molar-refractivity contribution in [2.75, 3.05) is 26.9 Å². The van der Waals surface area contributed by atoms with Crippen molar-refractivity contribution >= 4 is 0 Å². The van der Waals surface area contributed by atoms with Crippen LogP contribution in [-0.2, 0) is 6.42 Å². The molecule has 1 unspecified atom stereocenters. The van der Waals surface area contributed by atoms with Gasteiger partial charge < -0.3 is 20.3 Å². The molecular weight excluding hydrogens is 242 g/mol. The summed E-state index contributed by atoms with van der Waals surface area (Å²) in [6.07, 6.45) is 2.33. The standard InChI is InChI=1S/C15H25NO3/c1-15(12-18,16-2)9-5-11-19-14-7-4-3-6-13(14)8-10-17/h3-4,6-7,16-18H,5,8-12H2,1-2H3. The minimum Gasteiger partial charge on any atom is -0.493 e. The number of rotatable bonds is 9. The molecule has 0 aliphatic heterocycles. The minimum atomic E-state index is -0.242. The number of ether oxygens (including phenoxy) is 1. The molecule has 0 fully saturated rings. The Labute approximate surface area is 115 Å². The SMILES string of the molecule is CNC(C)(CO)CCCOc1ccccc1CCO.